The second-order valence-corrected chi connectivity index (χ2v) is 8.94. The van der Waals surface area contributed by atoms with Crippen LogP contribution >= 0.6 is 11.3 Å². The van der Waals surface area contributed by atoms with Crippen molar-refractivity contribution >= 4 is 27.3 Å². The fraction of sp³-hybridized carbons (Fsp3) is 0.684. The fourth-order valence-electron chi connectivity index (χ4n) is 4.00. The number of anilines is 1. The Morgan fingerprint density at radius 2 is 2.11 bits per heavy atom. The SMILES string of the molecule is CN(C)CCNC(=O)C1CCCN(c2nn3c(=O)c4c(nc3s2)CCCC4)C1. The topological polar surface area (TPSA) is 82.8 Å². The van der Waals surface area contributed by atoms with Crippen molar-refractivity contribution in [2.45, 2.75) is 38.5 Å². The van der Waals surface area contributed by atoms with E-state index in [0.717, 1.165) is 68.0 Å². The molecular weight excluding hydrogens is 376 g/mol. The van der Waals surface area contributed by atoms with E-state index in [1.807, 2.05) is 14.1 Å². The van der Waals surface area contributed by atoms with Crippen molar-refractivity contribution in [2.75, 3.05) is 45.2 Å². The first-order valence-electron chi connectivity index (χ1n) is 10.1. The monoisotopic (exact) mass is 404 g/mol. The van der Waals surface area contributed by atoms with Crippen molar-refractivity contribution in [1.82, 2.24) is 24.8 Å². The van der Waals surface area contributed by atoms with Gasteiger partial charge in [0.15, 0.2) is 0 Å². The zero-order valence-corrected chi connectivity index (χ0v) is 17.4. The van der Waals surface area contributed by atoms with Crippen LogP contribution in [-0.2, 0) is 17.6 Å². The van der Waals surface area contributed by atoms with Crippen LogP contribution in [0.15, 0.2) is 4.79 Å². The smallest absolute Gasteiger partial charge is 0.278 e. The molecule has 4 rings (SSSR count). The molecule has 1 atom stereocenters. The fourth-order valence-corrected chi connectivity index (χ4v) is 4.95. The van der Waals surface area contributed by atoms with Gasteiger partial charge in [0, 0.05) is 31.7 Å². The Bertz CT molecular complexity index is 921. The lowest BCUT2D eigenvalue weighted by Gasteiger charge is -2.31. The van der Waals surface area contributed by atoms with Crippen LogP contribution in [0.25, 0.3) is 4.96 Å². The molecule has 1 amide bonds. The van der Waals surface area contributed by atoms with Crippen LogP contribution < -0.4 is 15.8 Å². The first kappa shape index (κ1) is 19.3. The normalized spacial score (nSPS) is 19.8. The molecule has 0 radical (unpaired) electrons. The maximum Gasteiger partial charge on any atom is 0.278 e. The number of rotatable bonds is 5. The molecule has 2 aromatic rings. The molecule has 152 valence electrons. The number of likely N-dealkylation sites (N-methyl/N-ethyl adjacent to an activating group) is 1. The highest BCUT2D eigenvalue weighted by Crippen LogP contribution is 2.28. The third-order valence-electron chi connectivity index (χ3n) is 5.59. The molecule has 9 heteroatoms. The van der Waals surface area contributed by atoms with Crippen LogP contribution in [0.5, 0.6) is 0 Å². The van der Waals surface area contributed by atoms with Gasteiger partial charge >= 0.3 is 0 Å². The maximum atomic E-state index is 12.8. The Morgan fingerprint density at radius 1 is 1.29 bits per heavy atom. The number of piperidine rings is 1. The molecular formula is C19H28N6O2S. The molecule has 0 spiro atoms. The highest BCUT2D eigenvalue weighted by Gasteiger charge is 2.28. The Balaban J connectivity index is 1.50. The van der Waals surface area contributed by atoms with E-state index in [1.165, 1.54) is 15.9 Å². The van der Waals surface area contributed by atoms with E-state index in [0.29, 0.717) is 18.1 Å². The maximum absolute atomic E-state index is 12.8. The highest BCUT2D eigenvalue weighted by atomic mass is 32.1. The van der Waals surface area contributed by atoms with Crippen molar-refractivity contribution in [3.8, 4) is 0 Å². The van der Waals surface area contributed by atoms with E-state index in [2.05, 4.69) is 20.2 Å². The highest BCUT2D eigenvalue weighted by molar-refractivity contribution is 7.20. The molecule has 0 saturated carbocycles. The zero-order valence-electron chi connectivity index (χ0n) is 16.6. The molecule has 3 heterocycles. The molecule has 1 aliphatic heterocycles. The van der Waals surface area contributed by atoms with Gasteiger partial charge < -0.3 is 15.1 Å². The lowest BCUT2D eigenvalue weighted by molar-refractivity contribution is -0.125. The van der Waals surface area contributed by atoms with Gasteiger partial charge in [-0.15, -0.1) is 5.10 Å². The molecule has 1 aliphatic carbocycles. The van der Waals surface area contributed by atoms with Crippen molar-refractivity contribution < 1.29 is 4.79 Å². The predicted octanol–water partition coefficient (Wildman–Crippen LogP) is 0.924. The summed E-state index contributed by atoms with van der Waals surface area (Å²) in [4.78, 5) is 34.9. The van der Waals surface area contributed by atoms with Crippen molar-refractivity contribution in [2.24, 2.45) is 5.92 Å². The average molecular weight is 405 g/mol. The standard InChI is InChI=1S/C19H28N6O2S/c1-23(2)11-9-20-16(26)13-6-5-10-24(12-13)19-22-25-17(27)14-7-3-4-8-15(14)21-18(25)28-19/h13H,3-12H2,1-2H3,(H,20,26). The molecule has 0 aromatic carbocycles. The molecule has 2 aliphatic rings. The van der Waals surface area contributed by atoms with Crippen LogP contribution in [0.3, 0.4) is 0 Å². The number of carbonyl (C=O) groups is 1. The molecule has 2 aromatic heterocycles. The van der Waals surface area contributed by atoms with Gasteiger partial charge in [0.25, 0.3) is 5.56 Å². The molecule has 0 bridgehead atoms. The summed E-state index contributed by atoms with van der Waals surface area (Å²) in [5, 5.41) is 8.40. The van der Waals surface area contributed by atoms with Crippen molar-refractivity contribution in [3.63, 3.8) is 0 Å². The van der Waals surface area contributed by atoms with E-state index in [-0.39, 0.29) is 17.4 Å². The van der Waals surface area contributed by atoms with E-state index in [4.69, 9.17) is 4.98 Å². The van der Waals surface area contributed by atoms with Gasteiger partial charge in [0.05, 0.1) is 11.6 Å². The summed E-state index contributed by atoms with van der Waals surface area (Å²) in [5.74, 6) is 0.0687. The number of nitrogens with one attached hydrogen (secondary N) is 1. The summed E-state index contributed by atoms with van der Waals surface area (Å²) >= 11 is 1.45. The average Bonchev–Trinajstić information content (AvgIpc) is 3.12. The lowest BCUT2D eigenvalue weighted by Crippen LogP contribution is -2.44. The Labute approximate surface area is 168 Å². The van der Waals surface area contributed by atoms with Gasteiger partial charge in [-0.05, 0) is 52.6 Å². The molecule has 8 nitrogen and oxygen atoms in total. The van der Waals surface area contributed by atoms with Crippen LogP contribution in [0.1, 0.15) is 36.9 Å². The van der Waals surface area contributed by atoms with Gasteiger partial charge in [-0.25, -0.2) is 4.98 Å². The van der Waals surface area contributed by atoms with Gasteiger partial charge in [0.2, 0.25) is 16.0 Å². The Kier molecular flexibility index (Phi) is 5.63. The first-order valence-corrected chi connectivity index (χ1v) is 10.9. The number of hydrogen-bond donors (Lipinski definition) is 1. The molecule has 28 heavy (non-hydrogen) atoms. The minimum atomic E-state index is -0.0409. The van der Waals surface area contributed by atoms with E-state index in [1.54, 1.807) is 0 Å². The van der Waals surface area contributed by atoms with Crippen LogP contribution in [0, 0.1) is 5.92 Å². The quantitative estimate of drug-likeness (QED) is 0.798. The Hall–Kier alpha value is -2.00. The van der Waals surface area contributed by atoms with E-state index >= 15 is 0 Å². The first-order chi connectivity index (χ1) is 13.5. The molecule has 1 unspecified atom stereocenters. The number of amides is 1. The van der Waals surface area contributed by atoms with Crippen LogP contribution in [0.2, 0.25) is 0 Å². The van der Waals surface area contributed by atoms with Gasteiger partial charge in [0.1, 0.15) is 0 Å². The molecule has 1 fully saturated rings. The Morgan fingerprint density at radius 3 is 2.93 bits per heavy atom. The number of aromatic nitrogens is 3. The van der Waals surface area contributed by atoms with Gasteiger partial charge in [-0.2, -0.15) is 4.52 Å². The molecule has 1 saturated heterocycles. The summed E-state index contributed by atoms with van der Waals surface area (Å²) in [6.45, 7) is 2.99. The summed E-state index contributed by atoms with van der Waals surface area (Å²) in [5.41, 5.74) is 1.76. The minimum Gasteiger partial charge on any atom is -0.355 e. The second kappa shape index (κ2) is 8.16. The lowest BCUT2D eigenvalue weighted by atomic mass is 9.97. The van der Waals surface area contributed by atoms with Crippen LogP contribution in [-0.4, -0.2) is 65.7 Å². The number of fused-ring (bicyclic) bond motifs is 2. The summed E-state index contributed by atoms with van der Waals surface area (Å²) < 4.78 is 1.46. The largest absolute Gasteiger partial charge is 0.355 e. The summed E-state index contributed by atoms with van der Waals surface area (Å²) in [6.07, 6.45) is 5.66. The summed E-state index contributed by atoms with van der Waals surface area (Å²) in [6, 6.07) is 0. The molecule has 1 N–H and O–H groups in total. The number of hydrogen-bond acceptors (Lipinski definition) is 7. The van der Waals surface area contributed by atoms with Crippen LogP contribution in [0.4, 0.5) is 5.13 Å². The van der Waals surface area contributed by atoms with Crippen molar-refractivity contribution in [1.29, 1.82) is 0 Å². The van der Waals surface area contributed by atoms with E-state index < -0.39 is 0 Å². The number of aryl methyl sites for hydroxylation is 1. The third kappa shape index (κ3) is 3.91. The summed E-state index contributed by atoms with van der Waals surface area (Å²) in [7, 11) is 3.99. The third-order valence-corrected chi connectivity index (χ3v) is 6.56. The number of nitrogens with zero attached hydrogens (tertiary/aromatic N) is 5. The van der Waals surface area contributed by atoms with Crippen molar-refractivity contribution in [3.05, 3.63) is 21.6 Å². The van der Waals surface area contributed by atoms with Gasteiger partial charge in [-0.1, -0.05) is 11.3 Å². The van der Waals surface area contributed by atoms with E-state index in [9.17, 15) is 9.59 Å². The minimum absolute atomic E-state index is 0.0165. The predicted molar refractivity (Wildman–Crippen MR) is 110 cm³/mol. The number of carbonyl (C=O) groups excluding carboxylic acids is 1. The zero-order chi connectivity index (χ0) is 19.7. The second-order valence-electron chi connectivity index (χ2n) is 8.01. The van der Waals surface area contributed by atoms with Gasteiger partial charge in [-0.3, -0.25) is 9.59 Å².